The van der Waals surface area contributed by atoms with Crippen molar-refractivity contribution in [1.82, 2.24) is 10.2 Å². The molecule has 3 aliphatic rings. The molecule has 3 aliphatic heterocycles. The second-order valence-electron chi connectivity index (χ2n) is 13.1. The Labute approximate surface area is 270 Å². The summed E-state index contributed by atoms with van der Waals surface area (Å²) in [7, 11) is 4.63. The highest BCUT2D eigenvalue weighted by atomic mass is 16.7. The number of hydrogen-bond donors (Lipinski definition) is 2. The van der Waals surface area contributed by atoms with Gasteiger partial charge < -0.3 is 33.9 Å². The van der Waals surface area contributed by atoms with Crippen molar-refractivity contribution in [3.8, 4) is 0 Å². The standard InChI is InChI=1S/C34H47N3O9/c1-19-11-10-12-27(43-9)34(42)18-26(44-32(41)35-34)21(3)30-33(6,46-30)28(45-31(40)22(4)36(7)23(5)38)17-29(39)37(8)25-15-20(2)14-24(13-19)16-25/h10-12,14-16,21-22,26-28,30,42H,13,17-18H2,1-9H3,(H,35,41)/b12-10+,19-11+/t21-,22?,26?,27-,28+,30?,33?,34+/m1/s1. The van der Waals surface area contributed by atoms with Gasteiger partial charge in [0, 0.05) is 46.2 Å². The number of allylic oxidation sites excluding steroid dienone is 3. The van der Waals surface area contributed by atoms with Gasteiger partial charge in [0.15, 0.2) is 5.72 Å². The number of likely N-dealkylation sites (N-methyl/N-ethyl adjacent to an activating group) is 1. The van der Waals surface area contributed by atoms with Crippen LogP contribution in [0.2, 0.25) is 0 Å². The molecule has 2 fully saturated rings. The number of aliphatic hydroxyl groups is 1. The summed E-state index contributed by atoms with van der Waals surface area (Å²) in [5.41, 5.74) is 0.769. The second kappa shape index (κ2) is 13.5. The minimum Gasteiger partial charge on any atom is -0.457 e. The van der Waals surface area contributed by atoms with E-state index in [9.17, 15) is 24.3 Å². The van der Waals surface area contributed by atoms with E-state index in [1.807, 2.05) is 45.0 Å². The first-order valence-corrected chi connectivity index (χ1v) is 15.6. The van der Waals surface area contributed by atoms with Crippen molar-refractivity contribution >= 4 is 29.6 Å². The second-order valence-corrected chi connectivity index (χ2v) is 13.1. The van der Waals surface area contributed by atoms with Gasteiger partial charge in [-0.05, 0) is 57.4 Å². The molecule has 0 aromatic heterocycles. The van der Waals surface area contributed by atoms with Gasteiger partial charge in [-0.2, -0.15) is 0 Å². The number of nitrogens with one attached hydrogen (secondary N) is 1. The molecule has 3 heterocycles. The maximum absolute atomic E-state index is 13.8. The first kappa shape index (κ1) is 35.1. The first-order chi connectivity index (χ1) is 21.5. The molecule has 3 amide bonds. The van der Waals surface area contributed by atoms with Crippen LogP contribution in [0.5, 0.6) is 0 Å². The predicted molar refractivity (Wildman–Crippen MR) is 170 cm³/mol. The third-order valence-corrected chi connectivity index (χ3v) is 9.48. The van der Waals surface area contributed by atoms with E-state index in [4.69, 9.17) is 18.9 Å². The lowest BCUT2D eigenvalue weighted by Gasteiger charge is -2.42. The quantitative estimate of drug-likeness (QED) is 0.374. The lowest BCUT2D eigenvalue weighted by molar-refractivity contribution is -0.161. The number of hydrogen-bond acceptors (Lipinski definition) is 9. The van der Waals surface area contributed by atoms with Crippen LogP contribution in [0.4, 0.5) is 10.5 Å². The van der Waals surface area contributed by atoms with Crippen molar-refractivity contribution in [3.63, 3.8) is 0 Å². The number of amides is 3. The number of esters is 1. The van der Waals surface area contributed by atoms with Crippen LogP contribution in [0.1, 0.15) is 58.6 Å². The predicted octanol–water partition coefficient (Wildman–Crippen LogP) is 3.18. The average molecular weight is 642 g/mol. The summed E-state index contributed by atoms with van der Waals surface area (Å²) in [6, 6.07) is 5.00. The Morgan fingerprint density at radius 3 is 2.57 bits per heavy atom. The normalized spacial score (nSPS) is 34.2. The summed E-state index contributed by atoms with van der Waals surface area (Å²) in [6.07, 6.45) is 1.64. The molecule has 12 nitrogen and oxygen atoms in total. The van der Waals surface area contributed by atoms with E-state index in [0.717, 1.165) is 16.7 Å². The number of rotatable bonds is 4. The summed E-state index contributed by atoms with van der Waals surface area (Å²) in [6.45, 7) is 10.4. The van der Waals surface area contributed by atoms with Crippen molar-refractivity contribution in [2.75, 3.05) is 26.1 Å². The Hall–Kier alpha value is -3.74. The largest absolute Gasteiger partial charge is 0.457 e. The molecule has 12 heteroatoms. The number of methoxy groups -OCH3 is 1. The van der Waals surface area contributed by atoms with E-state index in [1.165, 1.54) is 30.9 Å². The van der Waals surface area contributed by atoms with E-state index < -0.39 is 59.8 Å². The van der Waals surface area contributed by atoms with E-state index in [1.54, 1.807) is 33.0 Å². The fourth-order valence-electron chi connectivity index (χ4n) is 6.29. The summed E-state index contributed by atoms with van der Waals surface area (Å²) in [5, 5.41) is 14.1. The minimum atomic E-state index is -1.78. The van der Waals surface area contributed by atoms with E-state index >= 15 is 0 Å². The smallest absolute Gasteiger partial charge is 0.409 e. The first-order valence-electron chi connectivity index (χ1n) is 15.6. The van der Waals surface area contributed by atoms with E-state index in [2.05, 4.69) is 5.32 Å². The van der Waals surface area contributed by atoms with Crippen LogP contribution >= 0.6 is 0 Å². The van der Waals surface area contributed by atoms with Gasteiger partial charge in [0.2, 0.25) is 11.8 Å². The van der Waals surface area contributed by atoms with Crippen LogP contribution in [-0.2, 0) is 39.8 Å². The van der Waals surface area contributed by atoms with Crippen LogP contribution < -0.4 is 10.2 Å². The lowest BCUT2D eigenvalue weighted by Crippen LogP contribution is -2.63. The Kier molecular flexibility index (Phi) is 10.3. The molecule has 252 valence electrons. The molecule has 4 unspecified atom stereocenters. The lowest BCUT2D eigenvalue weighted by atomic mass is 9.83. The summed E-state index contributed by atoms with van der Waals surface area (Å²) < 4.78 is 23.4. The molecule has 0 saturated carbocycles. The molecule has 1 aromatic rings. The highest BCUT2D eigenvalue weighted by Crippen LogP contribution is 2.49. The fraction of sp³-hybridized carbons (Fsp3) is 0.588. The van der Waals surface area contributed by atoms with Crippen LogP contribution in [0.3, 0.4) is 0 Å². The Balaban J connectivity index is 1.75. The molecule has 2 N–H and O–H groups in total. The number of epoxide rings is 1. The van der Waals surface area contributed by atoms with Crippen LogP contribution in [-0.4, -0.2) is 96.9 Å². The number of benzene rings is 1. The van der Waals surface area contributed by atoms with Gasteiger partial charge in [-0.1, -0.05) is 36.8 Å². The zero-order valence-corrected chi connectivity index (χ0v) is 28.2. The molecule has 4 rings (SSSR count). The number of fused-ring (bicyclic) bond motifs is 5. The Bertz CT molecular complexity index is 1430. The van der Waals surface area contributed by atoms with Crippen LogP contribution in [0.15, 0.2) is 42.0 Å². The topological polar surface area (TPSA) is 147 Å². The Morgan fingerprint density at radius 2 is 1.91 bits per heavy atom. The summed E-state index contributed by atoms with van der Waals surface area (Å²) in [4.78, 5) is 54.6. The number of ether oxygens (including phenoxy) is 4. The number of carbonyl (C=O) groups is 4. The van der Waals surface area contributed by atoms with Gasteiger partial charge in [-0.3, -0.25) is 14.9 Å². The van der Waals surface area contributed by atoms with Gasteiger partial charge in [-0.25, -0.2) is 9.59 Å². The van der Waals surface area contributed by atoms with Gasteiger partial charge >= 0.3 is 12.1 Å². The van der Waals surface area contributed by atoms with Crippen LogP contribution in [0.25, 0.3) is 0 Å². The van der Waals surface area contributed by atoms with Crippen molar-refractivity contribution < 1.29 is 43.2 Å². The van der Waals surface area contributed by atoms with Crippen molar-refractivity contribution in [2.24, 2.45) is 5.92 Å². The fourth-order valence-corrected chi connectivity index (χ4v) is 6.29. The van der Waals surface area contributed by atoms with E-state index in [0.29, 0.717) is 12.1 Å². The van der Waals surface area contributed by atoms with Gasteiger partial charge in [-0.15, -0.1) is 0 Å². The highest BCUT2D eigenvalue weighted by molar-refractivity contribution is 5.93. The Morgan fingerprint density at radius 1 is 1.22 bits per heavy atom. The third-order valence-electron chi connectivity index (χ3n) is 9.48. The number of aryl methyl sites for hydroxylation is 1. The molecule has 1 aromatic carbocycles. The molecule has 0 aliphatic carbocycles. The number of carbonyl (C=O) groups excluding carboxylic acids is 4. The average Bonchev–Trinajstić information content (AvgIpc) is 3.68. The third kappa shape index (κ3) is 7.45. The van der Waals surface area contributed by atoms with Gasteiger partial charge in [0.25, 0.3) is 0 Å². The molecule has 4 bridgehead atoms. The molecule has 8 atom stereocenters. The zero-order valence-electron chi connectivity index (χ0n) is 28.2. The van der Waals surface area contributed by atoms with Gasteiger partial charge in [0.1, 0.15) is 30.0 Å². The van der Waals surface area contributed by atoms with E-state index in [-0.39, 0.29) is 24.7 Å². The minimum absolute atomic E-state index is 0.0148. The zero-order chi connectivity index (χ0) is 34.1. The molecule has 0 radical (unpaired) electrons. The molecule has 2 saturated heterocycles. The van der Waals surface area contributed by atoms with Crippen LogP contribution in [0, 0.1) is 12.8 Å². The molecular formula is C34H47N3O9. The van der Waals surface area contributed by atoms with Crippen molar-refractivity contribution in [2.45, 2.75) is 103 Å². The summed E-state index contributed by atoms with van der Waals surface area (Å²) in [5.74, 6) is -1.77. The number of anilines is 1. The molecule has 46 heavy (non-hydrogen) atoms. The SMILES string of the molecule is CO[C@@H]1/C=C/C=C(\C)Cc2cc(C)cc(c2)N(C)C(=O)C[C@H](OC(=O)C(C)N(C)C(C)=O)C2(C)OC2[C@H](C)C2C[C@@]1(O)NC(=O)O2. The monoisotopic (exact) mass is 641 g/mol. The molecular weight excluding hydrogens is 594 g/mol. The highest BCUT2D eigenvalue weighted by Gasteiger charge is 2.64. The van der Waals surface area contributed by atoms with Gasteiger partial charge in [0.05, 0.1) is 12.5 Å². The maximum Gasteiger partial charge on any atom is 0.409 e. The van der Waals surface area contributed by atoms with Crippen molar-refractivity contribution in [1.29, 1.82) is 0 Å². The van der Waals surface area contributed by atoms with Crippen molar-refractivity contribution in [3.05, 3.63) is 53.1 Å². The number of nitrogens with zero attached hydrogens (tertiary/aromatic N) is 2. The number of alkyl carbamates (subject to hydrolysis) is 1. The molecule has 0 spiro atoms. The summed E-state index contributed by atoms with van der Waals surface area (Å²) >= 11 is 0. The maximum atomic E-state index is 13.8.